The van der Waals surface area contributed by atoms with E-state index in [1.807, 2.05) is 0 Å². The molecule has 0 N–H and O–H groups in total. The Balaban J connectivity index is 2.26. The van der Waals surface area contributed by atoms with E-state index in [2.05, 4.69) is 4.74 Å². The van der Waals surface area contributed by atoms with Gasteiger partial charge in [-0.2, -0.15) is 0 Å². The van der Waals surface area contributed by atoms with Crippen molar-refractivity contribution in [2.45, 2.75) is 38.4 Å². The summed E-state index contributed by atoms with van der Waals surface area (Å²) >= 11 is 0. The molecule has 80 valence electrons. The van der Waals surface area contributed by atoms with Crippen LogP contribution < -0.4 is 0 Å². The molecule has 1 unspecified atom stereocenters. The number of rotatable bonds is 4. The summed E-state index contributed by atoms with van der Waals surface area (Å²) < 4.78 is 17.6. The molecule has 5 heteroatoms. The first-order valence-electron chi connectivity index (χ1n) is 4.82. The highest BCUT2D eigenvalue weighted by atomic mass is 28.4. The number of hydrogen-bond donors (Lipinski definition) is 0. The number of carbonyl (C=O) groups excluding carboxylic acids is 2. The molecule has 1 atom stereocenters. The first kappa shape index (κ1) is 11.4. The van der Waals surface area contributed by atoms with Crippen LogP contribution in [0.4, 0.5) is 4.11 Å². The van der Waals surface area contributed by atoms with Gasteiger partial charge in [-0.3, -0.25) is 9.59 Å². The summed E-state index contributed by atoms with van der Waals surface area (Å²) in [6.45, 7) is 3.29. The quantitative estimate of drug-likeness (QED) is 0.314. The summed E-state index contributed by atoms with van der Waals surface area (Å²) in [5.41, 5.74) is 0. The SMILES string of the molecule is C[Si](C)(F)CCCC1CC(=O)OC1=O. The molecular formula is C9H15FO3Si. The Morgan fingerprint density at radius 2 is 2.14 bits per heavy atom. The first-order chi connectivity index (χ1) is 6.38. The minimum atomic E-state index is -2.51. The average molecular weight is 218 g/mol. The van der Waals surface area contributed by atoms with Crippen LogP contribution in [0.2, 0.25) is 19.1 Å². The van der Waals surface area contributed by atoms with Crippen molar-refractivity contribution < 1.29 is 18.4 Å². The van der Waals surface area contributed by atoms with Crippen LogP contribution in [0.25, 0.3) is 0 Å². The standard InChI is InChI=1S/C9H15FO3Si/c1-14(2,10)5-3-4-7-6-8(11)13-9(7)12/h7H,3-6H2,1-2H3. The van der Waals surface area contributed by atoms with Crippen LogP contribution in [0.15, 0.2) is 0 Å². The molecule has 1 aliphatic rings. The van der Waals surface area contributed by atoms with Crippen LogP contribution >= 0.6 is 0 Å². The third-order valence-corrected chi connectivity index (χ3v) is 3.83. The van der Waals surface area contributed by atoms with Gasteiger partial charge in [0.15, 0.2) is 0 Å². The van der Waals surface area contributed by atoms with Gasteiger partial charge in [-0.25, -0.2) is 0 Å². The lowest BCUT2D eigenvalue weighted by molar-refractivity contribution is -0.153. The number of cyclic esters (lactones) is 2. The molecule has 1 heterocycles. The third-order valence-electron chi connectivity index (χ3n) is 2.28. The lowest BCUT2D eigenvalue weighted by Crippen LogP contribution is -2.18. The number of hydrogen-bond acceptors (Lipinski definition) is 3. The van der Waals surface area contributed by atoms with Crippen LogP contribution in [0, 0.1) is 5.92 Å². The second kappa shape index (κ2) is 4.21. The molecular weight excluding hydrogens is 203 g/mol. The molecule has 0 spiro atoms. The van der Waals surface area contributed by atoms with Crippen LogP contribution in [-0.4, -0.2) is 20.3 Å². The van der Waals surface area contributed by atoms with Crippen molar-refractivity contribution in [2.75, 3.05) is 0 Å². The summed E-state index contributed by atoms with van der Waals surface area (Å²) in [7, 11) is -2.51. The molecule has 0 radical (unpaired) electrons. The van der Waals surface area contributed by atoms with Gasteiger partial charge in [0, 0.05) is 0 Å². The van der Waals surface area contributed by atoms with Gasteiger partial charge >= 0.3 is 11.9 Å². The van der Waals surface area contributed by atoms with Gasteiger partial charge in [0.05, 0.1) is 12.3 Å². The molecule has 0 aromatic rings. The van der Waals surface area contributed by atoms with E-state index in [-0.39, 0.29) is 12.3 Å². The van der Waals surface area contributed by atoms with Gasteiger partial charge in [0.1, 0.15) is 0 Å². The maximum Gasteiger partial charge on any atom is 0.317 e. The van der Waals surface area contributed by atoms with Gasteiger partial charge < -0.3 is 8.84 Å². The maximum atomic E-state index is 13.2. The Morgan fingerprint density at radius 1 is 1.50 bits per heavy atom. The highest BCUT2D eigenvalue weighted by Gasteiger charge is 2.33. The molecule has 14 heavy (non-hydrogen) atoms. The van der Waals surface area contributed by atoms with Crippen LogP contribution in [-0.2, 0) is 14.3 Å². The van der Waals surface area contributed by atoms with E-state index in [4.69, 9.17) is 0 Å². The van der Waals surface area contributed by atoms with Crippen LogP contribution in [0.5, 0.6) is 0 Å². The fourth-order valence-corrected chi connectivity index (χ4v) is 2.56. The minimum absolute atomic E-state index is 0.174. The Morgan fingerprint density at radius 3 is 2.57 bits per heavy atom. The monoisotopic (exact) mass is 218 g/mol. The summed E-state index contributed by atoms with van der Waals surface area (Å²) in [5.74, 6) is -1.20. The van der Waals surface area contributed by atoms with E-state index in [9.17, 15) is 13.7 Å². The zero-order valence-corrected chi connectivity index (χ0v) is 9.51. The Kier molecular flexibility index (Phi) is 3.42. The van der Waals surface area contributed by atoms with Crippen molar-refractivity contribution in [3.63, 3.8) is 0 Å². The molecule has 0 bridgehead atoms. The Labute approximate surface area is 83.8 Å². The summed E-state index contributed by atoms with van der Waals surface area (Å²) in [6, 6.07) is 0.547. The number of esters is 2. The van der Waals surface area contributed by atoms with Crippen molar-refractivity contribution in [3.8, 4) is 0 Å². The molecule has 0 amide bonds. The molecule has 0 aromatic carbocycles. The Hall–Kier alpha value is -0.713. The molecule has 1 saturated heterocycles. The number of ether oxygens (including phenoxy) is 1. The van der Waals surface area contributed by atoms with E-state index in [0.717, 1.165) is 0 Å². The molecule has 1 rings (SSSR count). The van der Waals surface area contributed by atoms with Gasteiger partial charge in [0.25, 0.3) is 0 Å². The van der Waals surface area contributed by atoms with E-state index >= 15 is 0 Å². The lowest BCUT2D eigenvalue weighted by Gasteiger charge is -2.10. The maximum absolute atomic E-state index is 13.2. The van der Waals surface area contributed by atoms with E-state index in [1.165, 1.54) is 0 Å². The van der Waals surface area contributed by atoms with Crippen molar-refractivity contribution in [3.05, 3.63) is 0 Å². The summed E-state index contributed by atoms with van der Waals surface area (Å²) in [6.07, 6.45) is 1.42. The second-order valence-corrected chi connectivity index (χ2v) is 8.24. The molecule has 0 aliphatic carbocycles. The predicted molar refractivity (Wildman–Crippen MR) is 51.8 cm³/mol. The zero-order valence-electron chi connectivity index (χ0n) is 8.51. The molecule has 1 fully saturated rings. The van der Waals surface area contributed by atoms with Crippen molar-refractivity contribution in [1.29, 1.82) is 0 Å². The first-order valence-corrected chi connectivity index (χ1v) is 7.90. The second-order valence-electron chi connectivity index (χ2n) is 4.31. The molecule has 1 aliphatic heterocycles. The number of halogens is 1. The Bertz CT molecular complexity index is 247. The smallest absolute Gasteiger partial charge is 0.317 e. The fourth-order valence-electron chi connectivity index (χ4n) is 1.51. The minimum Gasteiger partial charge on any atom is -0.393 e. The number of carbonyl (C=O) groups is 2. The molecule has 0 saturated carbocycles. The van der Waals surface area contributed by atoms with E-state index < -0.39 is 20.3 Å². The van der Waals surface area contributed by atoms with Crippen LogP contribution in [0.3, 0.4) is 0 Å². The summed E-state index contributed by atoms with van der Waals surface area (Å²) in [4.78, 5) is 21.7. The molecule has 3 nitrogen and oxygen atoms in total. The van der Waals surface area contributed by atoms with Gasteiger partial charge in [-0.1, -0.05) is 6.42 Å². The van der Waals surface area contributed by atoms with Gasteiger partial charge in [-0.05, 0) is 25.6 Å². The zero-order chi connectivity index (χ0) is 10.8. The van der Waals surface area contributed by atoms with Gasteiger partial charge in [0.2, 0.25) is 8.41 Å². The molecule has 0 aromatic heterocycles. The van der Waals surface area contributed by atoms with Crippen molar-refractivity contribution in [1.82, 2.24) is 0 Å². The normalized spacial score (nSPS) is 22.6. The highest BCUT2D eigenvalue weighted by molar-refractivity contribution is 6.70. The van der Waals surface area contributed by atoms with Crippen molar-refractivity contribution in [2.24, 2.45) is 5.92 Å². The lowest BCUT2D eigenvalue weighted by atomic mass is 10.0. The van der Waals surface area contributed by atoms with Gasteiger partial charge in [-0.15, -0.1) is 0 Å². The fraction of sp³-hybridized carbons (Fsp3) is 0.778. The van der Waals surface area contributed by atoms with E-state index in [1.54, 1.807) is 13.1 Å². The average Bonchev–Trinajstić information content (AvgIpc) is 2.27. The summed E-state index contributed by atoms with van der Waals surface area (Å²) in [5, 5.41) is 0. The third kappa shape index (κ3) is 3.57. The topological polar surface area (TPSA) is 43.4 Å². The highest BCUT2D eigenvalue weighted by Crippen LogP contribution is 2.24. The van der Waals surface area contributed by atoms with Crippen molar-refractivity contribution >= 4 is 20.3 Å². The van der Waals surface area contributed by atoms with E-state index in [0.29, 0.717) is 18.9 Å². The predicted octanol–water partition coefficient (Wildman–Crippen LogP) is 2.03. The largest absolute Gasteiger partial charge is 0.393 e. The van der Waals surface area contributed by atoms with Crippen LogP contribution in [0.1, 0.15) is 19.3 Å².